The Bertz CT molecular complexity index is 923. The molecule has 0 bridgehead atoms. The minimum absolute atomic E-state index is 0.0655. The number of para-hydroxylation sites is 1. The van der Waals surface area contributed by atoms with Crippen molar-refractivity contribution in [3.8, 4) is 5.75 Å². The zero-order valence-corrected chi connectivity index (χ0v) is 17.4. The molecule has 0 radical (unpaired) electrons. The number of hydrogen-bond acceptors (Lipinski definition) is 5. The monoisotopic (exact) mass is 411 g/mol. The molecule has 2 aliphatic rings. The number of piperidine rings is 1. The summed E-state index contributed by atoms with van der Waals surface area (Å²) in [7, 11) is 1.66. The van der Waals surface area contributed by atoms with Gasteiger partial charge in [-0.1, -0.05) is 24.3 Å². The van der Waals surface area contributed by atoms with Gasteiger partial charge in [0.1, 0.15) is 11.4 Å². The van der Waals surface area contributed by atoms with Gasteiger partial charge in [0.2, 0.25) is 0 Å². The lowest BCUT2D eigenvalue weighted by Crippen LogP contribution is -2.48. The second-order valence-corrected chi connectivity index (χ2v) is 8.02. The van der Waals surface area contributed by atoms with Crippen molar-refractivity contribution in [2.45, 2.75) is 23.3 Å². The van der Waals surface area contributed by atoms with Gasteiger partial charge >= 0.3 is 6.03 Å². The Hall–Kier alpha value is -2.64. The number of anilines is 1. The van der Waals surface area contributed by atoms with Gasteiger partial charge in [-0.2, -0.15) is 0 Å². The standard InChI is InChI=1S/C22H25N3O3S/c1-27-17-7-5-6-16(14-17)19-15-22(28-24-19)10-12-25(13-11-22)21(26)23-18-8-3-4-9-20(18)29-2/h3-9,14-15,24H,10-13H2,1-2H3,(H,23,26). The van der Waals surface area contributed by atoms with Crippen LogP contribution in [0.5, 0.6) is 5.75 Å². The van der Waals surface area contributed by atoms with Crippen LogP contribution in [0.15, 0.2) is 59.5 Å². The summed E-state index contributed by atoms with van der Waals surface area (Å²) in [6, 6.07) is 15.7. The van der Waals surface area contributed by atoms with Gasteiger partial charge in [0.15, 0.2) is 0 Å². The number of carbonyl (C=O) groups is 1. The van der Waals surface area contributed by atoms with Crippen molar-refractivity contribution in [2.75, 3.05) is 31.8 Å². The summed E-state index contributed by atoms with van der Waals surface area (Å²) in [5.74, 6) is 0.808. The maximum absolute atomic E-state index is 12.7. The lowest BCUT2D eigenvalue weighted by Gasteiger charge is -2.36. The van der Waals surface area contributed by atoms with Crippen LogP contribution >= 0.6 is 11.8 Å². The number of amides is 2. The van der Waals surface area contributed by atoms with Gasteiger partial charge in [-0.25, -0.2) is 4.79 Å². The normalized spacial score (nSPS) is 17.6. The Morgan fingerprint density at radius 1 is 1.21 bits per heavy atom. The molecule has 0 aliphatic carbocycles. The predicted molar refractivity (Wildman–Crippen MR) is 116 cm³/mol. The van der Waals surface area contributed by atoms with E-state index in [1.54, 1.807) is 18.9 Å². The third kappa shape index (κ3) is 4.21. The molecule has 2 heterocycles. The van der Waals surface area contributed by atoms with E-state index >= 15 is 0 Å². The fourth-order valence-corrected chi connectivity index (χ4v) is 4.24. The highest BCUT2D eigenvalue weighted by atomic mass is 32.2. The summed E-state index contributed by atoms with van der Waals surface area (Å²) in [5.41, 5.74) is 5.50. The summed E-state index contributed by atoms with van der Waals surface area (Å²) < 4.78 is 5.31. The number of carbonyl (C=O) groups excluding carboxylic acids is 1. The smallest absolute Gasteiger partial charge is 0.321 e. The average molecular weight is 412 g/mol. The number of likely N-dealkylation sites (tertiary alicyclic amines) is 1. The van der Waals surface area contributed by atoms with Crippen molar-refractivity contribution in [2.24, 2.45) is 0 Å². The van der Waals surface area contributed by atoms with Crippen molar-refractivity contribution in [1.82, 2.24) is 10.4 Å². The first-order chi connectivity index (χ1) is 14.1. The first-order valence-electron chi connectivity index (χ1n) is 9.63. The van der Waals surface area contributed by atoms with Crippen LogP contribution in [0.3, 0.4) is 0 Å². The molecule has 0 atom stereocenters. The van der Waals surface area contributed by atoms with Gasteiger partial charge < -0.3 is 15.0 Å². The SMILES string of the molecule is COc1cccc(C2=CC3(CCN(C(=O)Nc4ccccc4SC)CC3)ON2)c1. The molecule has 2 aliphatic heterocycles. The summed E-state index contributed by atoms with van der Waals surface area (Å²) in [5, 5.41) is 3.04. The predicted octanol–water partition coefficient (Wildman–Crippen LogP) is 4.36. The molecule has 0 unspecified atom stereocenters. The molecule has 2 N–H and O–H groups in total. The van der Waals surface area contributed by atoms with E-state index in [4.69, 9.17) is 9.57 Å². The number of benzene rings is 2. The minimum Gasteiger partial charge on any atom is -0.497 e. The second-order valence-electron chi connectivity index (χ2n) is 7.18. The van der Waals surface area contributed by atoms with Crippen LogP contribution in [0.25, 0.3) is 5.70 Å². The molecule has 29 heavy (non-hydrogen) atoms. The fourth-order valence-electron chi connectivity index (χ4n) is 3.69. The number of hydroxylamine groups is 1. The van der Waals surface area contributed by atoms with Crippen LogP contribution in [0.4, 0.5) is 10.5 Å². The molecule has 1 spiro atoms. The average Bonchev–Trinajstić information content (AvgIpc) is 3.18. The van der Waals surface area contributed by atoms with E-state index in [9.17, 15) is 4.79 Å². The molecular formula is C22H25N3O3S. The van der Waals surface area contributed by atoms with Crippen molar-refractivity contribution in [3.05, 3.63) is 60.2 Å². The Morgan fingerprint density at radius 3 is 2.76 bits per heavy atom. The highest BCUT2D eigenvalue weighted by molar-refractivity contribution is 7.98. The van der Waals surface area contributed by atoms with E-state index in [2.05, 4.69) is 16.9 Å². The van der Waals surface area contributed by atoms with Gasteiger partial charge in [0.05, 0.1) is 18.5 Å². The number of hydrogen-bond donors (Lipinski definition) is 2. The number of thioether (sulfide) groups is 1. The van der Waals surface area contributed by atoms with Gasteiger partial charge in [-0.3, -0.25) is 10.3 Å². The molecule has 7 heteroatoms. The van der Waals surface area contributed by atoms with E-state index in [0.29, 0.717) is 13.1 Å². The second kappa shape index (κ2) is 8.39. The van der Waals surface area contributed by atoms with Crippen LogP contribution < -0.4 is 15.5 Å². The van der Waals surface area contributed by atoms with Crippen molar-refractivity contribution in [1.29, 1.82) is 0 Å². The molecular weight excluding hydrogens is 386 g/mol. The van der Waals surface area contributed by atoms with Crippen LogP contribution in [-0.4, -0.2) is 43.0 Å². The molecule has 0 aromatic heterocycles. The molecule has 2 amide bonds. The van der Waals surface area contributed by atoms with Gasteiger partial charge in [-0.05, 0) is 36.6 Å². The summed E-state index contributed by atoms with van der Waals surface area (Å²) in [6.45, 7) is 1.27. The Morgan fingerprint density at radius 2 is 2.00 bits per heavy atom. The zero-order chi connectivity index (χ0) is 20.3. The van der Waals surface area contributed by atoms with Gasteiger partial charge in [0.25, 0.3) is 0 Å². The van der Waals surface area contributed by atoms with E-state index in [-0.39, 0.29) is 11.6 Å². The van der Waals surface area contributed by atoms with Crippen LogP contribution in [0.2, 0.25) is 0 Å². The Kier molecular flexibility index (Phi) is 5.69. The van der Waals surface area contributed by atoms with Gasteiger partial charge in [-0.15, -0.1) is 11.8 Å². The zero-order valence-electron chi connectivity index (χ0n) is 16.6. The number of methoxy groups -OCH3 is 1. The molecule has 4 rings (SSSR count). The highest BCUT2D eigenvalue weighted by Gasteiger charge is 2.40. The third-order valence-corrected chi connectivity index (χ3v) is 6.19. The molecule has 2 aromatic rings. The molecule has 6 nitrogen and oxygen atoms in total. The van der Waals surface area contributed by atoms with E-state index in [0.717, 1.165) is 40.4 Å². The molecule has 0 saturated carbocycles. The highest BCUT2D eigenvalue weighted by Crippen LogP contribution is 2.35. The molecule has 152 valence electrons. The molecule has 2 aromatic carbocycles. The summed E-state index contributed by atoms with van der Waals surface area (Å²) in [6.07, 6.45) is 5.63. The molecule has 1 fully saturated rings. The third-order valence-electron chi connectivity index (χ3n) is 5.40. The van der Waals surface area contributed by atoms with E-state index in [1.165, 1.54) is 0 Å². The van der Waals surface area contributed by atoms with Crippen molar-refractivity contribution < 1.29 is 14.4 Å². The maximum Gasteiger partial charge on any atom is 0.321 e. The van der Waals surface area contributed by atoms with Crippen LogP contribution in [0, 0.1) is 0 Å². The first-order valence-corrected chi connectivity index (χ1v) is 10.9. The Labute approximate surface area is 175 Å². The number of ether oxygens (including phenoxy) is 1. The van der Waals surface area contributed by atoms with Crippen molar-refractivity contribution in [3.63, 3.8) is 0 Å². The summed E-state index contributed by atoms with van der Waals surface area (Å²) >= 11 is 1.62. The number of urea groups is 1. The largest absolute Gasteiger partial charge is 0.497 e. The fraction of sp³-hybridized carbons (Fsp3) is 0.318. The number of nitrogens with zero attached hydrogens (tertiary/aromatic N) is 1. The lowest BCUT2D eigenvalue weighted by molar-refractivity contribution is -0.0634. The molecule has 1 saturated heterocycles. The maximum atomic E-state index is 12.7. The Balaban J connectivity index is 1.40. The number of rotatable bonds is 4. The topological polar surface area (TPSA) is 62.8 Å². The first kappa shape index (κ1) is 19.7. The lowest BCUT2D eigenvalue weighted by atomic mass is 9.90. The minimum atomic E-state index is -0.383. The van der Waals surface area contributed by atoms with Crippen LogP contribution in [-0.2, 0) is 4.84 Å². The van der Waals surface area contributed by atoms with Crippen molar-refractivity contribution >= 4 is 29.2 Å². The number of nitrogens with one attached hydrogen (secondary N) is 2. The van der Waals surface area contributed by atoms with Crippen LogP contribution in [0.1, 0.15) is 18.4 Å². The van der Waals surface area contributed by atoms with Gasteiger partial charge in [0, 0.05) is 36.4 Å². The summed E-state index contributed by atoms with van der Waals surface area (Å²) in [4.78, 5) is 21.6. The quantitative estimate of drug-likeness (QED) is 0.732. The van der Waals surface area contributed by atoms with E-state index in [1.807, 2.05) is 59.7 Å². The van der Waals surface area contributed by atoms with E-state index < -0.39 is 0 Å².